The summed E-state index contributed by atoms with van der Waals surface area (Å²) in [5.74, 6) is 0.585. The van der Waals surface area contributed by atoms with Crippen LogP contribution in [0.3, 0.4) is 0 Å². The Hall–Kier alpha value is -1.36. The molecule has 1 saturated heterocycles. The summed E-state index contributed by atoms with van der Waals surface area (Å²) in [7, 11) is 1.81. The molecule has 1 aliphatic heterocycles. The summed E-state index contributed by atoms with van der Waals surface area (Å²) in [6, 6.07) is 0.233. The molecule has 2 heterocycles. The van der Waals surface area contributed by atoms with E-state index < -0.39 is 0 Å². The van der Waals surface area contributed by atoms with Gasteiger partial charge in [0.1, 0.15) is 0 Å². The molecule has 0 spiro atoms. The molecule has 2 atom stereocenters. The highest BCUT2D eigenvalue weighted by Crippen LogP contribution is 2.10. The van der Waals surface area contributed by atoms with Crippen LogP contribution in [-0.2, 0) is 7.05 Å². The van der Waals surface area contributed by atoms with Crippen molar-refractivity contribution in [2.24, 2.45) is 13.0 Å². The summed E-state index contributed by atoms with van der Waals surface area (Å²) in [4.78, 5) is 11.8. The smallest absolute Gasteiger partial charge is 0.254 e. The van der Waals surface area contributed by atoms with E-state index in [0.29, 0.717) is 11.5 Å². The van der Waals surface area contributed by atoms with Gasteiger partial charge in [-0.15, -0.1) is 0 Å². The van der Waals surface area contributed by atoms with Gasteiger partial charge in [0.05, 0.1) is 11.8 Å². The largest absolute Gasteiger partial charge is 0.348 e. The average molecular weight is 222 g/mol. The molecule has 2 rings (SSSR count). The lowest BCUT2D eigenvalue weighted by Gasteiger charge is -2.28. The third-order valence-electron chi connectivity index (χ3n) is 2.87. The maximum Gasteiger partial charge on any atom is 0.254 e. The minimum atomic E-state index is -0.0333. The lowest BCUT2D eigenvalue weighted by atomic mass is 9.97. The molecular formula is C11H18N4O. The van der Waals surface area contributed by atoms with Crippen LogP contribution in [0.4, 0.5) is 0 Å². The van der Waals surface area contributed by atoms with Gasteiger partial charge in [0, 0.05) is 25.8 Å². The predicted octanol–water partition coefficient (Wildman–Crippen LogP) is 0.148. The Labute approximate surface area is 95.2 Å². The van der Waals surface area contributed by atoms with Gasteiger partial charge in [0.2, 0.25) is 0 Å². The monoisotopic (exact) mass is 222 g/mol. The fourth-order valence-corrected chi connectivity index (χ4v) is 2.07. The molecule has 1 amide bonds. The molecule has 5 heteroatoms. The zero-order chi connectivity index (χ0) is 11.5. The molecule has 2 N–H and O–H groups in total. The molecule has 0 radical (unpaired) electrons. The summed E-state index contributed by atoms with van der Waals surface area (Å²) < 4.78 is 1.64. The SMILES string of the molecule is CC1CNCC(NC(=O)c2cnn(C)c2)C1. The molecule has 16 heavy (non-hydrogen) atoms. The van der Waals surface area contributed by atoms with Crippen LogP contribution in [0.2, 0.25) is 0 Å². The van der Waals surface area contributed by atoms with Gasteiger partial charge in [-0.2, -0.15) is 5.10 Å². The minimum absolute atomic E-state index is 0.0333. The quantitative estimate of drug-likeness (QED) is 0.748. The molecule has 1 aliphatic rings. The number of hydrogen-bond donors (Lipinski definition) is 2. The lowest BCUT2D eigenvalue weighted by molar-refractivity contribution is 0.0925. The third-order valence-corrected chi connectivity index (χ3v) is 2.87. The van der Waals surface area contributed by atoms with Crippen LogP contribution in [0.15, 0.2) is 12.4 Å². The molecule has 0 bridgehead atoms. The second-order valence-electron chi connectivity index (χ2n) is 4.57. The third kappa shape index (κ3) is 2.61. The highest BCUT2D eigenvalue weighted by atomic mass is 16.1. The van der Waals surface area contributed by atoms with Gasteiger partial charge in [-0.1, -0.05) is 6.92 Å². The number of piperidine rings is 1. The maximum absolute atomic E-state index is 11.8. The van der Waals surface area contributed by atoms with E-state index in [9.17, 15) is 4.79 Å². The summed E-state index contributed by atoms with van der Waals surface area (Å²) in [6.45, 7) is 4.09. The van der Waals surface area contributed by atoms with E-state index in [0.717, 1.165) is 19.5 Å². The van der Waals surface area contributed by atoms with Crippen molar-refractivity contribution >= 4 is 5.91 Å². The van der Waals surface area contributed by atoms with Crippen molar-refractivity contribution in [1.82, 2.24) is 20.4 Å². The standard InChI is InChI=1S/C11H18N4O/c1-8-3-10(6-12-4-8)14-11(16)9-5-13-15(2)7-9/h5,7-8,10,12H,3-4,6H2,1-2H3,(H,14,16). The molecule has 88 valence electrons. The van der Waals surface area contributed by atoms with Crippen LogP contribution in [0.25, 0.3) is 0 Å². The second-order valence-corrected chi connectivity index (χ2v) is 4.57. The number of aromatic nitrogens is 2. The first-order valence-corrected chi connectivity index (χ1v) is 5.65. The Morgan fingerprint density at radius 3 is 3.06 bits per heavy atom. The molecule has 1 fully saturated rings. The van der Waals surface area contributed by atoms with E-state index in [1.165, 1.54) is 0 Å². The number of nitrogens with one attached hydrogen (secondary N) is 2. The number of amides is 1. The first kappa shape index (κ1) is 11.1. The molecule has 0 saturated carbocycles. The summed E-state index contributed by atoms with van der Waals surface area (Å²) in [5.41, 5.74) is 0.626. The number of carbonyl (C=O) groups excluding carboxylic acids is 1. The molecule has 0 aromatic carbocycles. The first-order chi connectivity index (χ1) is 7.65. The normalized spacial score (nSPS) is 25.4. The minimum Gasteiger partial charge on any atom is -0.348 e. The number of hydrogen-bond acceptors (Lipinski definition) is 3. The van der Waals surface area contributed by atoms with Crippen molar-refractivity contribution in [1.29, 1.82) is 0 Å². The zero-order valence-corrected chi connectivity index (χ0v) is 9.73. The van der Waals surface area contributed by atoms with Gasteiger partial charge >= 0.3 is 0 Å². The molecular weight excluding hydrogens is 204 g/mol. The fraction of sp³-hybridized carbons (Fsp3) is 0.636. The van der Waals surface area contributed by atoms with Crippen LogP contribution in [-0.4, -0.2) is 34.8 Å². The van der Waals surface area contributed by atoms with Crippen molar-refractivity contribution < 1.29 is 4.79 Å². The topological polar surface area (TPSA) is 58.9 Å². The lowest BCUT2D eigenvalue weighted by Crippen LogP contribution is -2.48. The molecule has 0 aliphatic carbocycles. The highest BCUT2D eigenvalue weighted by molar-refractivity contribution is 5.93. The van der Waals surface area contributed by atoms with Crippen LogP contribution in [0.5, 0.6) is 0 Å². The van der Waals surface area contributed by atoms with Gasteiger partial charge in [-0.3, -0.25) is 9.48 Å². The van der Waals surface area contributed by atoms with E-state index in [4.69, 9.17) is 0 Å². The Kier molecular flexibility index (Phi) is 3.24. The van der Waals surface area contributed by atoms with Crippen LogP contribution < -0.4 is 10.6 Å². The van der Waals surface area contributed by atoms with Gasteiger partial charge in [0.25, 0.3) is 5.91 Å². The van der Waals surface area contributed by atoms with Crippen molar-refractivity contribution in [2.45, 2.75) is 19.4 Å². The second kappa shape index (κ2) is 4.65. The Morgan fingerprint density at radius 1 is 1.62 bits per heavy atom. The van der Waals surface area contributed by atoms with Crippen molar-refractivity contribution in [3.05, 3.63) is 18.0 Å². The van der Waals surface area contributed by atoms with E-state index >= 15 is 0 Å². The average Bonchev–Trinajstić information content (AvgIpc) is 2.65. The van der Waals surface area contributed by atoms with Gasteiger partial charge in [0.15, 0.2) is 0 Å². The summed E-state index contributed by atoms with van der Waals surface area (Å²) in [5, 5.41) is 10.3. The maximum atomic E-state index is 11.8. The van der Waals surface area contributed by atoms with Crippen molar-refractivity contribution in [3.8, 4) is 0 Å². The van der Waals surface area contributed by atoms with E-state index in [-0.39, 0.29) is 11.9 Å². The zero-order valence-electron chi connectivity index (χ0n) is 9.73. The Balaban J connectivity index is 1.92. The number of aryl methyl sites for hydroxylation is 1. The van der Waals surface area contributed by atoms with Gasteiger partial charge < -0.3 is 10.6 Å². The van der Waals surface area contributed by atoms with Crippen molar-refractivity contribution in [2.75, 3.05) is 13.1 Å². The molecule has 1 aromatic heterocycles. The number of nitrogens with zero attached hydrogens (tertiary/aromatic N) is 2. The number of rotatable bonds is 2. The molecule has 1 aromatic rings. The Morgan fingerprint density at radius 2 is 2.44 bits per heavy atom. The predicted molar refractivity (Wildman–Crippen MR) is 61.1 cm³/mol. The fourth-order valence-electron chi connectivity index (χ4n) is 2.07. The Bertz CT molecular complexity index is 374. The summed E-state index contributed by atoms with van der Waals surface area (Å²) in [6.07, 6.45) is 4.36. The molecule has 5 nitrogen and oxygen atoms in total. The van der Waals surface area contributed by atoms with Crippen molar-refractivity contribution in [3.63, 3.8) is 0 Å². The molecule has 2 unspecified atom stereocenters. The van der Waals surface area contributed by atoms with Crippen LogP contribution in [0, 0.1) is 5.92 Å². The van der Waals surface area contributed by atoms with Crippen LogP contribution >= 0.6 is 0 Å². The first-order valence-electron chi connectivity index (χ1n) is 5.65. The van der Waals surface area contributed by atoms with Gasteiger partial charge in [-0.05, 0) is 18.9 Å². The highest BCUT2D eigenvalue weighted by Gasteiger charge is 2.20. The van der Waals surface area contributed by atoms with E-state index in [2.05, 4.69) is 22.7 Å². The van der Waals surface area contributed by atoms with E-state index in [1.807, 2.05) is 0 Å². The van der Waals surface area contributed by atoms with Gasteiger partial charge in [-0.25, -0.2) is 0 Å². The number of carbonyl (C=O) groups is 1. The van der Waals surface area contributed by atoms with E-state index in [1.54, 1.807) is 24.1 Å². The van der Waals surface area contributed by atoms with Crippen LogP contribution in [0.1, 0.15) is 23.7 Å². The summed E-state index contributed by atoms with van der Waals surface area (Å²) >= 11 is 0.